The minimum absolute atomic E-state index is 0.0814. The Balaban J connectivity index is 1.61. The van der Waals surface area contributed by atoms with Gasteiger partial charge in [0.05, 0.1) is 5.56 Å². The van der Waals surface area contributed by atoms with E-state index >= 15 is 0 Å². The Morgan fingerprint density at radius 2 is 1.84 bits per heavy atom. The zero-order chi connectivity index (χ0) is 18.0. The first kappa shape index (κ1) is 17.7. The molecule has 0 bridgehead atoms. The van der Waals surface area contributed by atoms with Crippen molar-refractivity contribution in [1.82, 2.24) is 10.9 Å². The standard InChI is InChI=1S/C17H15ClF3N3O/c18-12-3-1-2-10(8-12)14-9-15(24-23-14)16(25)22-13-6-4-11(5-7-13)17(19,20)21/h1-8,14-15,23-24H,9H2,(H,22,25). The first-order valence-corrected chi connectivity index (χ1v) is 7.95. The number of hydrazine groups is 1. The maximum absolute atomic E-state index is 12.5. The number of amides is 1. The second-order valence-electron chi connectivity index (χ2n) is 5.75. The lowest BCUT2D eigenvalue weighted by Crippen LogP contribution is -2.39. The summed E-state index contributed by atoms with van der Waals surface area (Å²) in [6.45, 7) is 0. The number of alkyl halides is 3. The number of halogens is 4. The van der Waals surface area contributed by atoms with E-state index in [1.54, 1.807) is 6.07 Å². The molecule has 4 nitrogen and oxygen atoms in total. The monoisotopic (exact) mass is 369 g/mol. The van der Waals surface area contributed by atoms with Crippen molar-refractivity contribution in [3.63, 3.8) is 0 Å². The molecule has 0 spiro atoms. The van der Waals surface area contributed by atoms with Crippen LogP contribution in [0.2, 0.25) is 5.02 Å². The van der Waals surface area contributed by atoms with Gasteiger partial charge in [0.15, 0.2) is 0 Å². The van der Waals surface area contributed by atoms with E-state index in [4.69, 9.17) is 11.6 Å². The first-order chi connectivity index (χ1) is 11.8. The molecule has 1 amide bonds. The van der Waals surface area contributed by atoms with Gasteiger partial charge in [-0.05, 0) is 48.4 Å². The van der Waals surface area contributed by atoms with Gasteiger partial charge in [-0.3, -0.25) is 4.79 Å². The van der Waals surface area contributed by atoms with Gasteiger partial charge >= 0.3 is 6.18 Å². The Hall–Kier alpha value is -2.09. The van der Waals surface area contributed by atoms with Gasteiger partial charge in [-0.25, -0.2) is 10.9 Å². The highest BCUT2D eigenvalue weighted by molar-refractivity contribution is 6.30. The fourth-order valence-electron chi connectivity index (χ4n) is 2.64. The van der Waals surface area contributed by atoms with Crippen LogP contribution in [0.25, 0.3) is 0 Å². The third-order valence-electron chi connectivity index (χ3n) is 3.95. The molecule has 3 rings (SSSR count). The van der Waals surface area contributed by atoms with Crippen LogP contribution < -0.4 is 16.2 Å². The average molecular weight is 370 g/mol. The summed E-state index contributed by atoms with van der Waals surface area (Å²) in [4.78, 5) is 12.3. The summed E-state index contributed by atoms with van der Waals surface area (Å²) in [5.74, 6) is -0.322. The zero-order valence-corrected chi connectivity index (χ0v) is 13.7. The number of rotatable bonds is 3. The average Bonchev–Trinajstić information content (AvgIpc) is 3.05. The van der Waals surface area contributed by atoms with Crippen molar-refractivity contribution in [3.05, 3.63) is 64.7 Å². The molecular formula is C17H15ClF3N3O. The molecule has 1 fully saturated rings. The summed E-state index contributed by atoms with van der Waals surface area (Å²) in [6, 6.07) is 11.1. The van der Waals surface area contributed by atoms with Gasteiger partial charge in [-0.2, -0.15) is 13.2 Å². The molecule has 1 saturated heterocycles. The van der Waals surface area contributed by atoms with Crippen LogP contribution >= 0.6 is 11.6 Å². The highest BCUT2D eigenvalue weighted by Gasteiger charge is 2.31. The summed E-state index contributed by atoms with van der Waals surface area (Å²) < 4.78 is 37.6. The van der Waals surface area contributed by atoms with Crippen LogP contribution in [0.4, 0.5) is 18.9 Å². The maximum atomic E-state index is 12.5. The molecule has 3 N–H and O–H groups in total. The van der Waals surface area contributed by atoms with Crippen molar-refractivity contribution in [3.8, 4) is 0 Å². The van der Waals surface area contributed by atoms with E-state index in [2.05, 4.69) is 16.2 Å². The van der Waals surface area contributed by atoms with Crippen LogP contribution in [-0.4, -0.2) is 11.9 Å². The predicted molar refractivity (Wildman–Crippen MR) is 88.9 cm³/mol. The fraction of sp³-hybridized carbons (Fsp3) is 0.235. The zero-order valence-electron chi connectivity index (χ0n) is 12.9. The molecule has 2 atom stereocenters. The van der Waals surface area contributed by atoms with Gasteiger partial charge < -0.3 is 5.32 Å². The number of carbonyl (C=O) groups excluding carboxylic acids is 1. The molecule has 1 heterocycles. The first-order valence-electron chi connectivity index (χ1n) is 7.57. The third-order valence-corrected chi connectivity index (χ3v) is 4.19. The highest BCUT2D eigenvalue weighted by Crippen LogP contribution is 2.30. The molecule has 0 aliphatic carbocycles. The summed E-state index contributed by atoms with van der Waals surface area (Å²) >= 11 is 5.97. The molecule has 1 aliphatic rings. The number of anilines is 1. The van der Waals surface area contributed by atoms with Gasteiger partial charge in [0.1, 0.15) is 6.04 Å². The summed E-state index contributed by atoms with van der Waals surface area (Å²) in [5, 5.41) is 3.22. The summed E-state index contributed by atoms with van der Waals surface area (Å²) in [7, 11) is 0. The van der Waals surface area contributed by atoms with E-state index in [9.17, 15) is 18.0 Å². The Kier molecular flexibility index (Phi) is 4.99. The van der Waals surface area contributed by atoms with E-state index in [0.29, 0.717) is 17.1 Å². The normalized spacial score (nSPS) is 20.5. The Labute approximate surface area is 147 Å². The van der Waals surface area contributed by atoms with Crippen LogP contribution in [0.5, 0.6) is 0 Å². The van der Waals surface area contributed by atoms with Gasteiger partial charge in [-0.1, -0.05) is 23.7 Å². The quantitative estimate of drug-likeness (QED) is 0.769. The van der Waals surface area contributed by atoms with Crippen molar-refractivity contribution in [2.75, 3.05) is 5.32 Å². The molecule has 0 saturated carbocycles. The van der Waals surface area contributed by atoms with Crippen LogP contribution in [0.1, 0.15) is 23.6 Å². The van der Waals surface area contributed by atoms with Gasteiger partial charge in [0, 0.05) is 16.8 Å². The van der Waals surface area contributed by atoms with E-state index in [0.717, 1.165) is 17.7 Å². The van der Waals surface area contributed by atoms with Crippen LogP contribution in [-0.2, 0) is 11.0 Å². The van der Waals surface area contributed by atoms with Crippen molar-refractivity contribution >= 4 is 23.2 Å². The van der Waals surface area contributed by atoms with Crippen LogP contribution in [0.3, 0.4) is 0 Å². The van der Waals surface area contributed by atoms with Crippen molar-refractivity contribution in [1.29, 1.82) is 0 Å². The van der Waals surface area contributed by atoms with Gasteiger partial charge in [0.2, 0.25) is 5.91 Å². The topological polar surface area (TPSA) is 53.2 Å². The molecule has 2 aromatic rings. The van der Waals surface area contributed by atoms with Crippen LogP contribution in [0, 0.1) is 0 Å². The number of benzene rings is 2. The van der Waals surface area contributed by atoms with Crippen molar-refractivity contribution < 1.29 is 18.0 Å². The smallest absolute Gasteiger partial charge is 0.325 e. The predicted octanol–water partition coefficient (Wildman–Crippen LogP) is 3.91. The molecule has 2 aromatic carbocycles. The summed E-state index contributed by atoms with van der Waals surface area (Å²) in [6.07, 6.45) is -3.91. The lowest BCUT2D eigenvalue weighted by Gasteiger charge is -2.12. The largest absolute Gasteiger partial charge is 0.416 e. The van der Waals surface area contributed by atoms with Crippen LogP contribution in [0.15, 0.2) is 48.5 Å². The third kappa shape index (κ3) is 4.31. The fourth-order valence-corrected chi connectivity index (χ4v) is 2.84. The molecule has 1 aliphatic heterocycles. The number of hydrogen-bond donors (Lipinski definition) is 3. The Bertz CT molecular complexity index is 764. The molecule has 25 heavy (non-hydrogen) atoms. The second-order valence-corrected chi connectivity index (χ2v) is 6.19. The molecule has 0 radical (unpaired) electrons. The molecule has 132 valence electrons. The number of nitrogens with one attached hydrogen (secondary N) is 3. The molecular weight excluding hydrogens is 355 g/mol. The second kappa shape index (κ2) is 7.03. The minimum Gasteiger partial charge on any atom is -0.325 e. The van der Waals surface area contributed by atoms with Crippen molar-refractivity contribution in [2.45, 2.75) is 24.7 Å². The highest BCUT2D eigenvalue weighted by atomic mass is 35.5. The Morgan fingerprint density at radius 3 is 2.48 bits per heavy atom. The van der Waals surface area contributed by atoms with Gasteiger partial charge in [-0.15, -0.1) is 0 Å². The lowest BCUT2D eigenvalue weighted by molar-refractivity contribution is -0.137. The van der Waals surface area contributed by atoms with E-state index in [1.807, 2.05) is 18.2 Å². The Morgan fingerprint density at radius 1 is 1.12 bits per heavy atom. The van der Waals surface area contributed by atoms with Crippen molar-refractivity contribution in [2.24, 2.45) is 0 Å². The lowest BCUT2D eigenvalue weighted by atomic mass is 10.0. The summed E-state index contributed by atoms with van der Waals surface area (Å²) in [5.41, 5.74) is 6.43. The number of carbonyl (C=O) groups is 1. The van der Waals surface area contributed by atoms with E-state index in [-0.39, 0.29) is 11.9 Å². The maximum Gasteiger partial charge on any atom is 0.416 e. The molecule has 8 heteroatoms. The molecule has 0 aromatic heterocycles. The van der Waals surface area contributed by atoms with Gasteiger partial charge in [0.25, 0.3) is 0 Å². The number of hydrogen-bond acceptors (Lipinski definition) is 3. The molecule has 2 unspecified atom stereocenters. The SMILES string of the molecule is O=C(Nc1ccc(C(F)(F)F)cc1)C1CC(c2cccc(Cl)c2)NN1. The van der Waals surface area contributed by atoms with E-state index in [1.165, 1.54) is 12.1 Å². The minimum atomic E-state index is -4.40. The van der Waals surface area contributed by atoms with E-state index < -0.39 is 17.8 Å².